The molecule has 0 atom stereocenters. The molecule has 0 saturated carbocycles. The van der Waals surface area contributed by atoms with E-state index in [1.807, 2.05) is 6.92 Å². The summed E-state index contributed by atoms with van der Waals surface area (Å²) in [5.74, 6) is 1.11. The topological polar surface area (TPSA) is 15.6 Å². The van der Waals surface area contributed by atoms with Crippen LogP contribution in [0, 0.1) is 0 Å². The molecule has 1 aliphatic heterocycles. The summed E-state index contributed by atoms with van der Waals surface area (Å²) < 4.78 is 0. The zero-order valence-electron chi connectivity index (χ0n) is 7.10. The first kappa shape index (κ1) is 7.32. The van der Waals surface area contributed by atoms with E-state index in [-0.39, 0.29) is 0 Å². The fourth-order valence-electron chi connectivity index (χ4n) is 1.01. The average molecular weight is 138 g/mol. The van der Waals surface area contributed by atoms with Gasteiger partial charge < -0.3 is 4.90 Å². The van der Waals surface area contributed by atoms with Crippen molar-refractivity contribution in [2.24, 2.45) is 4.99 Å². The fourth-order valence-corrected chi connectivity index (χ4v) is 1.01. The Balaban J connectivity index is 2.88. The molecular formula is C8H14N2. The van der Waals surface area contributed by atoms with Gasteiger partial charge in [-0.05, 0) is 26.3 Å². The number of nitrogens with zero attached hydrogens (tertiary/aromatic N) is 2. The van der Waals surface area contributed by atoms with Crippen LogP contribution in [-0.4, -0.2) is 24.3 Å². The molecule has 0 unspecified atom stereocenters. The molecule has 1 heterocycles. The standard InChI is InChI=1S/C8H14N2/c1-6-5-10(4)8(3)9-7(6)2/h5H2,1-4H3. The lowest BCUT2D eigenvalue weighted by molar-refractivity contribution is 0.531. The van der Waals surface area contributed by atoms with Crippen LogP contribution in [0.4, 0.5) is 0 Å². The van der Waals surface area contributed by atoms with Crippen molar-refractivity contribution in [1.82, 2.24) is 4.90 Å². The molecule has 0 saturated heterocycles. The van der Waals surface area contributed by atoms with E-state index < -0.39 is 0 Å². The Morgan fingerprint density at radius 2 is 1.90 bits per heavy atom. The van der Waals surface area contributed by atoms with Gasteiger partial charge in [-0.25, -0.2) is 4.99 Å². The van der Waals surface area contributed by atoms with E-state index in [0.29, 0.717) is 0 Å². The van der Waals surface area contributed by atoms with Gasteiger partial charge in [0.2, 0.25) is 0 Å². The highest BCUT2D eigenvalue weighted by molar-refractivity contribution is 5.81. The van der Waals surface area contributed by atoms with Crippen molar-refractivity contribution in [2.45, 2.75) is 20.8 Å². The van der Waals surface area contributed by atoms with Gasteiger partial charge in [0.05, 0.1) is 0 Å². The normalized spacial score (nSPS) is 19.6. The van der Waals surface area contributed by atoms with Crippen LogP contribution in [0.1, 0.15) is 20.8 Å². The van der Waals surface area contributed by atoms with Crippen molar-refractivity contribution >= 4 is 5.84 Å². The third-order valence-corrected chi connectivity index (χ3v) is 1.97. The summed E-state index contributed by atoms with van der Waals surface area (Å²) in [6.45, 7) is 7.25. The molecule has 0 aromatic rings. The van der Waals surface area contributed by atoms with Crippen LogP contribution in [0.5, 0.6) is 0 Å². The first-order valence-electron chi connectivity index (χ1n) is 3.54. The van der Waals surface area contributed by atoms with Gasteiger partial charge in [-0.3, -0.25) is 0 Å². The van der Waals surface area contributed by atoms with Crippen LogP contribution < -0.4 is 0 Å². The van der Waals surface area contributed by atoms with Crippen LogP contribution in [0.2, 0.25) is 0 Å². The molecule has 1 aliphatic rings. The molecule has 0 bridgehead atoms. The quantitative estimate of drug-likeness (QED) is 0.497. The maximum atomic E-state index is 4.37. The molecule has 0 aromatic carbocycles. The van der Waals surface area contributed by atoms with Gasteiger partial charge in [0.15, 0.2) is 0 Å². The van der Waals surface area contributed by atoms with Gasteiger partial charge >= 0.3 is 0 Å². The monoisotopic (exact) mass is 138 g/mol. The van der Waals surface area contributed by atoms with E-state index in [0.717, 1.165) is 12.4 Å². The van der Waals surface area contributed by atoms with E-state index in [9.17, 15) is 0 Å². The molecule has 2 heteroatoms. The smallest absolute Gasteiger partial charge is 0.101 e. The molecule has 0 aliphatic carbocycles. The van der Waals surface area contributed by atoms with Gasteiger partial charge in [0.25, 0.3) is 0 Å². The second kappa shape index (κ2) is 2.45. The maximum Gasteiger partial charge on any atom is 0.101 e. The Morgan fingerprint density at radius 3 is 2.40 bits per heavy atom. The van der Waals surface area contributed by atoms with E-state index in [4.69, 9.17) is 0 Å². The largest absolute Gasteiger partial charge is 0.359 e. The summed E-state index contributed by atoms with van der Waals surface area (Å²) in [7, 11) is 2.06. The summed E-state index contributed by atoms with van der Waals surface area (Å²) in [5, 5.41) is 0. The van der Waals surface area contributed by atoms with Crippen molar-refractivity contribution in [2.75, 3.05) is 13.6 Å². The van der Waals surface area contributed by atoms with Crippen molar-refractivity contribution < 1.29 is 0 Å². The number of hydrogen-bond donors (Lipinski definition) is 0. The molecular weight excluding hydrogens is 124 g/mol. The number of likely N-dealkylation sites (N-methyl/N-ethyl adjacent to an activating group) is 1. The van der Waals surface area contributed by atoms with E-state index in [1.54, 1.807) is 0 Å². The van der Waals surface area contributed by atoms with Crippen LogP contribution in [0.25, 0.3) is 0 Å². The summed E-state index contributed by atoms with van der Waals surface area (Å²) in [6, 6.07) is 0. The maximum absolute atomic E-state index is 4.37. The molecule has 2 nitrogen and oxygen atoms in total. The predicted molar refractivity (Wildman–Crippen MR) is 44.1 cm³/mol. The summed E-state index contributed by atoms with van der Waals surface area (Å²) in [5.41, 5.74) is 2.55. The minimum Gasteiger partial charge on any atom is -0.359 e. The van der Waals surface area contributed by atoms with Gasteiger partial charge in [-0.1, -0.05) is 0 Å². The third-order valence-electron chi connectivity index (χ3n) is 1.97. The lowest BCUT2D eigenvalue weighted by Crippen LogP contribution is -2.29. The Labute approximate surface area is 62.3 Å². The second-order valence-corrected chi connectivity index (χ2v) is 2.88. The molecule has 10 heavy (non-hydrogen) atoms. The zero-order chi connectivity index (χ0) is 7.72. The average Bonchev–Trinajstić information content (AvgIpc) is 1.84. The van der Waals surface area contributed by atoms with Crippen molar-refractivity contribution in [3.63, 3.8) is 0 Å². The number of hydrogen-bond acceptors (Lipinski definition) is 2. The van der Waals surface area contributed by atoms with Crippen molar-refractivity contribution in [3.05, 3.63) is 11.3 Å². The van der Waals surface area contributed by atoms with E-state index in [1.165, 1.54) is 11.3 Å². The van der Waals surface area contributed by atoms with E-state index >= 15 is 0 Å². The molecule has 0 N–H and O–H groups in total. The van der Waals surface area contributed by atoms with E-state index in [2.05, 4.69) is 30.8 Å². The predicted octanol–water partition coefficient (Wildman–Crippen LogP) is 1.64. The molecule has 0 spiro atoms. The highest BCUT2D eigenvalue weighted by atomic mass is 15.2. The van der Waals surface area contributed by atoms with Gasteiger partial charge in [0.1, 0.15) is 5.84 Å². The third kappa shape index (κ3) is 1.20. The number of aliphatic imine (C=N–C) groups is 1. The molecule has 0 aromatic heterocycles. The zero-order valence-corrected chi connectivity index (χ0v) is 7.10. The first-order chi connectivity index (χ1) is 4.61. The van der Waals surface area contributed by atoms with Gasteiger partial charge in [0, 0.05) is 19.3 Å². The minimum atomic E-state index is 1.03. The highest BCUT2D eigenvalue weighted by Gasteiger charge is 2.08. The Hall–Kier alpha value is -0.790. The summed E-state index contributed by atoms with van der Waals surface area (Å²) in [6.07, 6.45) is 0. The van der Waals surface area contributed by atoms with Crippen LogP contribution in [-0.2, 0) is 0 Å². The lowest BCUT2D eigenvalue weighted by Gasteiger charge is -2.24. The Bertz CT molecular complexity index is 201. The highest BCUT2D eigenvalue weighted by Crippen LogP contribution is 2.12. The summed E-state index contributed by atoms with van der Waals surface area (Å²) >= 11 is 0. The minimum absolute atomic E-state index is 1.03. The first-order valence-corrected chi connectivity index (χ1v) is 3.54. The molecule has 1 rings (SSSR count). The van der Waals surface area contributed by atoms with Crippen LogP contribution in [0.15, 0.2) is 16.3 Å². The molecule has 0 amide bonds. The molecule has 0 fully saturated rings. The van der Waals surface area contributed by atoms with Crippen LogP contribution >= 0.6 is 0 Å². The lowest BCUT2D eigenvalue weighted by atomic mass is 10.2. The van der Waals surface area contributed by atoms with Gasteiger partial charge in [-0.2, -0.15) is 0 Å². The Kier molecular flexibility index (Phi) is 1.79. The van der Waals surface area contributed by atoms with Crippen molar-refractivity contribution in [1.29, 1.82) is 0 Å². The number of allylic oxidation sites excluding steroid dienone is 1. The molecule has 0 radical (unpaired) electrons. The number of rotatable bonds is 0. The second-order valence-electron chi connectivity index (χ2n) is 2.88. The van der Waals surface area contributed by atoms with Gasteiger partial charge in [-0.15, -0.1) is 0 Å². The fraction of sp³-hybridized carbons (Fsp3) is 0.625. The Morgan fingerprint density at radius 1 is 1.30 bits per heavy atom. The summed E-state index contributed by atoms with van der Waals surface area (Å²) in [4.78, 5) is 6.52. The molecule has 56 valence electrons. The SMILES string of the molecule is CC1=NC(C)=C(C)CN1C. The van der Waals surface area contributed by atoms with Crippen molar-refractivity contribution in [3.8, 4) is 0 Å². The number of amidine groups is 1. The van der Waals surface area contributed by atoms with Crippen LogP contribution in [0.3, 0.4) is 0 Å².